The summed E-state index contributed by atoms with van der Waals surface area (Å²) < 4.78 is 0. The molecule has 1 saturated carbocycles. The molecule has 1 N–H and O–H groups in total. The molecule has 0 radical (unpaired) electrons. The Morgan fingerprint density at radius 3 is 2.53 bits per heavy atom. The molecule has 0 aliphatic heterocycles. The van der Waals surface area contributed by atoms with Gasteiger partial charge in [-0.3, -0.25) is 0 Å². The monoisotopic (exact) mass is 261 g/mol. The van der Waals surface area contributed by atoms with Gasteiger partial charge < -0.3 is 10.2 Å². The van der Waals surface area contributed by atoms with E-state index in [2.05, 4.69) is 57.1 Å². The fourth-order valence-electron chi connectivity index (χ4n) is 1.96. The highest BCUT2D eigenvalue weighted by atomic mass is 15.2. The topological polar surface area (TPSA) is 28.2 Å². The largest absolute Gasteiger partial charge is 0.360 e. The molecule has 0 unspecified atom stereocenters. The van der Waals surface area contributed by atoms with Gasteiger partial charge in [-0.05, 0) is 37.5 Å². The van der Waals surface area contributed by atoms with E-state index in [1.807, 2.05) is 0 Å². The second-order valence-electron chi connectivity index (χ2n) is 6.64. The number of aromatic nitrogens is 1. The first-order valence-corrected chi connectivity index (χ1v) is 7.36. The molecule has 0 spiro atoms. The van der Waals surface area contributed by atoms with Gasteiger partial charge in [0.2, 0.25) is 0 Å². The zero-order valence-electron chi connectivity index (χ0n) is 13.0. The van der Waals surface area contributed by atoms with E-state index in [4.69, 9.17) is 4.98 Å². The Kier molecular flexibility index (Phi) is 4.14. The van der Waals surface area contributed by atoms with Crippen LogP contribution in [0.2, 0.25) is 0 Å². The van der Waals surface area contributed by atoms with Gasteiger partial charge in [-0.2, -0.15) is 0 Å². The normalized spacial score (nSPS) is 15.6. The number of hydrogen-bond acceptors (Lipinski definition) is 3. The minimum Gasteiger partial charge on any atom is -0.360 e. The van der Waals surface area contributed by atoms with Gasteiger partial charge in [-0.1, -0.05) is 20.8 Å². The molecular weight excluding hydrogens is 234 g/mol. The fraction of sp³-hybridized carbons (Fsp3) is 0.688. The number of anilines is 1. The Balaban J connectivity index is 2.24. The fourth-order valence-corrected chi connectivity index (χ4v) is 1.96. The molecule has 3 nitrogen and oxygen atoms in total. The Morgan fingerprint density at radius 1 is 1.32 bits per heavy atom. The zero-order chi connectivity index (χ0) is 14.0. The van der Waals surface area contributed by atoms with Crippen LogP contribution in [-0.2, 0) is 12.0 Å². The van der Waals surface area contributed by atoms with Crippen molar-refractivity contribution in [3.8, 4) is 0 Å². The second-order valence-corrected chi connectivity index (χ2v) is 6.64. The summed E-state index contributed by atoms with van der Waals surface area (Å²) in [5, 5.41) is 3.59. The number of pyridine rings is 1. The molecule has 1 aliphatic rings. The minimum atomic E-state index is 0.0962. The summed E-state index contributed by atoms with van der Waals surface area (Å²) >= 11 is 0. The van der Waals surface area contributed by atoms with Crippen LogP contribution in [0.4, 0.5) is 5.82 Å². The summed E-state index contributed by atoms with van der Waals surface area (Å²) in [5.41, 5.74) is 2.62. The molecule has 1 heterocycles. The first-order chi connectivity index (χ1) is 8.90. The van der Waals surface area contributed by atoms with Gasteiger partial charge in [0, 0.05) is 37.3 Å². The van der Waals surface area contributed by atoms with Crippen molar-refractivity contribution in [3.05, 3.63) is 23.4 Å². The van der Waals surface area contributed by atoms with Gasteiger partial charge in [-0.15, -0.1) is 0 Å². The number of nitrogens with zero attached hydrogens (tertiary/aromatic N) is 2. The molecule has 3 heteroatoms. The van der Waals surface area contributed by atoms with Crippen LogP contribution in [0.25, 0.3) is 0 Å². The van der Waals surface area contributed by atoms with Crippen LogP contribution in [0.3, 0.4) is 0 Å². The lowest BCUT2D eigenvalue weighted by atomic mass is 9.90. The molecule has 1 aromatic heterocycles. The highest BCUT2D eigenvalue weighted by Crippen LogP contribution is 2.25. The van der Waals surface area contributed by atoms with Gasteiger partial charge in [-0.25, -0.2) is 4.98 Å². The molecule has 1 aliphatic carbocycles. The molecular formula is C16H27N3. The van der Waals surface area contributed by atoms with E-state index in [0.717, 1.165) is 24.9 Å². The second kappa shape index (κ2) is 5.49. The summed E-state index contributed by atoms with van der Waals surface area (Å²) in [4.78, 5) is 7.02. The first kappa shape index (κ1) is 14.3. The minimum absolute atomic E-state index is 0.0962. The van der Waals surface area contributed by atoms with E-state index in [0.29, 0.717) is 0 Å². The van der Waals surface area contributed by atoms with Gasteiger partial charge in [0.25, 0.3) is 0 Å². The third kappa shape index (κ3) is 3.93. The summed E-state index contributed by atoms with van der Waals surface area (Å²) in [6, 6.07) is 5.22. The first-order valence-electron chi connectivity index (χ1n) is 7.36. The molecule has 0 atom stereocenters. The molecule has 0 bridgehead atoms. The van der Waals surface area contributed by atoms with E-state index in [1.54, 1.807) is 0 Å². The molecule has 1 aromatic rings. The van der Waals surface area contributed by atoms with Crippen LogP contribution >= 0.6 is 0 Å². The predicted octanol–water partition coefficient (Wildman–Crippen LogP) is 3.09. The van der Waals surface area contributed by atoms with Crippen molar-refractivity contribution in [3.63, 3.8) is 0 Å². The lowest BCUT2D eigenvalue weighted by Gasteiger charge is -2.23. The Labute approximate surface area is 117 Å². The maximum Gasteiger partial charge on any atom is 0.128 e. The standard InChI is InChI=1S/C16H27N3/c1-6-19(5)15-10-12(11-17-13-7-8-13)9-14(18-15)16(2,3)4/h9-10,13,17H,6-8,11H2,1-5H3. The van der Waals surface area contributed by atoms with Gasteiger partial charge >= 0.3 is 0 Å². The number of rotatable bonds is 5. The Morgan fingerprint density at radius 2 is 2.00 bits per heavy atom. The van der Waals surface area contributed by atoms with Crippen molar-refractivity contribution in [1.29, 1.82) is 0 Å². The third-order valence-corrected chi connectivity index (χ3v) is 3.68. The van der Waals surface area contributed by atoms with E-state index in [1.165, 1.54) is 24.1 Å². The van der Waals surface area contributed by atoms with Gasteiger partial charge in [0.1, 0.15) is 5.82 Å². The third-order valence-electron chi connectivity index (χ3n) is 3.68. The van der Waals surface area contributed by atoms with Crippen molar-refractivity contribution in [2.75, 3.05) is 18.5 Å². The van der Waals surface area contributed by atoms with Crippen molar-refractivity contribution in [2.45, 2.75) is 58.5 Å². The van der Waals surface area contributed by atoms with Crippen molar-refractivity contribution < 1.29 is 0 Å². The van der Waals surface area contributed by atoms with E-state index >= 15 is 0 Å². The van der Waals surface area contributed by atoms with Gasteiger partial charge in [0.05, 0.1) is 0 Å². The van der Waals surface area contributed by atoms with Crippen LogP contribution in [0, 0.1) is 0 Å². The molecule has 0 saturated heterocycles. The van der Waals surface area contributed by atoms with Crippen molar-refractivity contribution in [2.24, 2.45) is 0 Å². The molecule has 19 heavy (non-hydrogen) atoms. The van der Waals surface area contributed by atoms with E-state index < -0.39 is 0 Å². The van der Waals surface area contributed by atoms with Crippen LogP contribution < -0.4 is 10.2 Å². The number of nitrogens with one attached hydrogen (secondary N) is 1. The Bertz CT molecular complexity index is 430. The van der Waals surface area contributed by atoms with Crippen LogP contribution in [-0.4, -0.2) is 24.6 Å². The highest BCUT2D eigenvalue weighted by Gasteiger charge is 2.21. The van der Waals surface area contributed by atoms with Crippen LogP contribution in [0.15, 0.2) is 12.1 Å². The van der Waals surface area contributed by atoms with Crippen LogP contribution in [0.5, 0.6) is 0 Å². The summed E-state index contributed by atoms with van der Waals surface area (Å²) in [5.74, 6) is 1.09. The average Bonchev–Trinajstić information content (AvgIpc) is 3.18. The molecule has 0 amide bonds. The molecule has 1 fully saturated rings. The van der Waals surface area contributed by atoms with E-state index in [9.17, 15) is 0 Å². The van der Waals surface area contributed by atoms with Gasteiger partial charge in [0.15, 0.2) is 0 Å². The van der Waals surface area contributed by atoms with Crippen molar-refractivity contribution in [1.82, 2.24) is 10.3 Å². The number of hydrogen-bond donors (Lipinski definition) is 1. The maximum atomic E-state index is 4.82. The zero-order valence-corrected chi connectivity index (χ0v) is 13.0. The SMILES string of the molecule is CCN(C)c1cc(CNC2CC2)cc(C(C)(C)C)n1. The lowest BCUT2D eigenvalue weighted by molar-refractivity contribution is 0.565. The average molecular weight is 261 g/mol. The maximum absolute atomic E-state index is 4.82. The smallest absolute Gasteiger partial charge is 0.128 e. The Hall–Kier alpha value is -1.09. The molecule has 106 valence electrons. The summed E-state index contributed by atoms with van der Waals surface area (Å²) in [6.45, 7) is 10.8. The lowest BCUT2D eigenvalue weighted by Crippen LogP contribution is -2.22. The predicted molar refractivity (Wildman–Crippen MR) is 81.7 cm³/mol. The van der Waals surface area contributed by atoms with E-state index in [-0.39, 0.29) is 5.41 Å². The molecule has 2 rings (SSSR count). The summed E-state index contributed by atoms with van der Waals surface area (Å²) in [7, 11) is 2.10. The summed E-state index contributed by atoms with van der Waals surface area (Å²) in [6.07, 6.45) is 2.66. The molecule has 0 aromatic carbocycles. The van der Waals surface area contributed by atoms with Crippen molar-refractivity contribution >= 4 is 5.82 Å². The quantitative estimate of drug-likeness (QED) is 0.883. The van der Waals surface area contributed by atoms with Crippen LogP contribution in [0.1, 0.15) is 51.8 Å². The highest BCUT2D eigenvalue weighted by molar-refractivity contribution is 5.43.